The third kappa shape index (κ3) is 6.02. The lowest BCUT2D eigenvalue weighted by Gasteiger charge is -2.10. The number of halogens is 1. The Balaban J connectivity index is 1.92. The Morgan fingerprint density at radius 2 is 1.74 bits per heavy atom. The molecule has 0 aliphatic rings. The number of hydrogen-bond acceptors (Lipinski definition) is 7. The van der Waals surface area contributed by atoms with E-state index in [1.54, 1.807) is 12.1 Å². The lowest BCUT2D eigenvalue weighted by atomic mass is 10.1. The van der Waals surface area contributed by atoms with E-state index in [9.17, 15) is 30.3 Å². The van der Waals surface area contributed by atoms with Crippen molar-refractivity contribution in [1.29, 1.82) is 5.26 Å². The Bertz CT molecular complexity index is 1340. The number of carbonyl (C=O) groups excluding carboxylic acids is 1. The molecule has 170 valence electrons. The van der Waals surface area contributed by atoms with Crippen LogP contribution in [0.3, 0.4) is 0 Å². The summed E-state index contributed by atoms with van der Waals surface area (Å²) in [5, 5.41) is 34.6. The molecule has 0 saturated heterocycles. The molecule has 3 rings (SSSR count). The Morgan fingerprint density at radius 3 is 2.38 bits per heavy atom. The summed E-state index contributed by atoms with van der Waals surface area (Å²) in [7, 11) is 0. The molecule has 0 radical (unpaired) electrons. The number of hydrogen-bond donors (Lipinski definition) is 1. The highest BCUT2D eigenvalue weighted by molar-refractivity contribution is 9.10. The van der Waals surface area contributed by atoms with E-state index in [2.05, 4.69) is 21.2 Å². The molecule has 11 heteroatoms. The van der Waals surface area contributed by atoms with Crippen molar-refractivity contribution in [2.75, 3.05) is 0 Å². The van der Waals surface area contributed by atoms with E-state index < -0.39 is 27.1 Å². The second kappa shape index (κ2) is 10.8. The first-order valence-corrected chi connectivity index (χ1v) is 10.4. The summed E-state index contributed by atoms with van der Waals surface area (Å²) in [6.07, 6.45) is 1.29. The fourth-order valence-corrected chi connectivity index (χ4v) is 3.25. The number of nitro benzene ring substituents is 2. The number of benzene rings is 3. The van der Waals surface area contributed by atoms with Crippen LogP contribution in [0.15, 0.2) is 76.8 Å². The van der Waals surface area contributed by atoms with Gasteiger partial charge in [0.25, 0.3) is 11.6 Å². The Hall–Kier alpha value is -4.56. The molecule has 0 bridgehead atoms. The first-order chi connectivity index (χ1) is 16.3. The van der Waals surface area contributed by atoms with E-state index in [0.29, 0.717) is 4.47 Å². The van der Waals surface area contributed by atoms with Crippen LogP contribution < -0.4 is 10.1 Å². The van der Waals surface area contributed by atoms with Gasteiger partial charge in [-0.25, -0.2) is 0 Å². The molecule has 1 N–H and O–H groups in total. The van der Waals surface area contributed by atoms with Crippen molar-refractivity contribution < 1.29 is 19.4 Å². The van der Waals surface area contributed by atoms with Gasteiger partial charge in [0.2, 0.25) is 5.75 Å². The van der Waals surface area contributed by atoms with Gasteiger partial charge in [-0.15, -0.1) is 0 Å². The summed E-state index contributed by atoms with van der Waals surface area (Å²) in [4.78, 5) is 33.4. The molecule has 0 atom stereocenters. The molecule has 1 amide bonds. The van der Waals surface area contributed by atoms with Crippen molar-refractivity contribution in [3.05, 3.63) is 108 Å². The number of non-ortho nitro benzene ring substituents is 1. The van der Waals surface area contributed by atoms with Crippen LogP contribution in [0.1, 0.15) is 11.1 Å². The minimum atomic E-state index is -0.797. The summed E-state index contributed by atoms with van der Waals surface area (Å²) >= 11 is 3.30. The monoisotopic (exact) mass is 522 g/mol. The first kappa shape index (κ1) is 24.1. The van der Waals surface area contributed by atoms with Gasteiger partial charge in [-0.1, -0.05) is 46.3 Å². The average molecular weight is 523 g/mol. The molecule has 0 heterocycles. The normalized spacial score (nSPS) is 10.8. The largest absolute Gasteiger partial charge is 0.449 e. The van der Waals surface area contributed by atoms with E-state index >= 15 is 0 Å². The number of carbonyl (C=O) groups is 1. The number of nitrogens with one attached hydrogen (secondary N) is 1. The zero-order valence-corrected chi connectivity index (χ0v) is 18.9. The van der Waals surface area contributed by atoms with Crippen molar-refractivity contribution in [3.63, 3.8) is 0 Å². The van der Waals surface area contributed by atoms with Gasteiger partial charge in [-0.2, -0.15) is 5.26 Å². The summed E-state index contributed by atoms with van der Waals surface area (Å²) in [6, 6.07) is 18.6. The second-order valence-electron chi connectivity index (χ2n) is 6.79. The van der Waals surface area contributed by atoms with Crippen molar-refractivity contribution in [1.82, 2.24) is 5.32 Å². The maximum absolute atomic E-state index is 12.5. The van der Waals surface area contributed by atoms with E-state index in [1.807, 2.05) is 36.4 Å². The number of nitriles is 1. The molecule has 0 unspecified atom stereocenters. The molecule has 34 heavy (non-hydrogen) atoms. The molecule has 0 fully saturated rings. The van der Waals surface area contributed by atoms with Crippen LogP contribution in [0.2, 0.25) is 0 Å². The minimum Gasteiger partial charge on any atom is -0.449 e. The van der Waals surface area contributed by atoms with Crippen LogP contribution in [-0.4, -0.2) is 15.8 Å². The highest BCUT2D eigenvalue weighted by atomic mass is 79.9. The Morgan fingerprint density at radius 1 is 1.03 bits per heavy atom. The van der Waals surface area contributed by atoms with Crippen molar-refractivity contribution in [2.45, 2.75) is 6.54 Å². The van der Waals surface area contributed by atoms with Crippen molar-refractivity contribution in [3.8, 4) is 17.6 Å². The molecule has 3 aromatic carbocycles. The van der Waals surface area contributed by atoms with Gasteiger partial charge in [-0.05, 0) is 35.9 Å². The smallest absolute Gasteiger partial charge is 0.318 e. The Kier molecular flexibility index (Phi) is 7.68. The van der Waals surface area contributed by atoms with Gasteiger partial charge in [0, 0.05) is 22.6 Å². The predicted octanol–water partition coefficient (Wildman–Crippen LogP) is 5.28. The minimum absolute atomic E-state index is 0.101. The molecule has 0 spiro atoms. The van der Waals surface area contributed by atoms with E-state index in [4.69, 9.17) is 4.74 Å². The number of nitro groups is 2. The van der Waals surface area contributed by atoms with Gasteiger partial charge in [0.1, 0.15) is 17.4 Å². The fraction of sp³-hybridized carbons (Fsp3) is 0.0435. The van der Waals surface area contributed by atoms with Gasteiger partial charge < -0.3 is 10.1 Å². The molecular formula is C23H15BrN4O6. The van der Waals surface area contributed by atoms with Crippen LogP contribution in [0.4, 0.5) is 11.4 Å². The first-order valence-electron chi connectivity index (χ1n) is 9.62. The zero-order valence-electron chi connectivity index (χ0n) is 17.3. The lowest BCUT2D eigenvalue weighted by molar-refractivity contribution is -0.394. The topological polar surface area (TPSA) is 148 Å². The van der Waals surface area contributed by atoms with Crippen LogP contribution in [-0.2, 0) is 11.3 Å². The van der Waals surface area contributed by atoms with Gasteiger partial charge >= 0.3 is 5.69 Å². The Labute approximate surface area is 201 Å². The highest BCUT2D eigenvalue weighted by Crippen LogP contribution is 2.37. The molecule has 0 aliphatic carbocycles. The van der Waals surface area contributed by atoms with Crippen LogP contribution >= 0.6 is 15.9 Å². The highest BCUT2D eigenvalue weighted by Gasteiger charge is 2.22. The van der Waals surface area contributed by atoms with Gasteiger partial charge in [0.15, 0.2) is 0 Å². The van der Waals surface area contributed by atoms with Crippen LogP contribution in [0.5, 0.6) is 11.5 Å². The fourth-order valence-electron chi connectivity index (χ4n) is 2.87. The molecule has 0 saturated carbocycles. The number of rotatable bonds is 8. The molecule has 3 aromatic rings. The van der Waals surface area contributed by atoms with Crippen molar-refractivity contribution in [2.24, 2.45) is 0 Å². The quantitative estimate of drug-likeness (QED) is 0.183. The average Bonchev–Trinajstić information content (AvgIpc) is 2.83. The molecule has 0 aliphatic heterocycles. The SMILES string of the molecule is N#C/C(=C\c1cc(Br)ccc1Oc1ccc([N+](=O)[O-])cc1[N+](=O)[O-])C(=O)NCc1ccccc1. The van der Waals surface area contributed by atoms with Crippen LogP contribution in [0.25, 0.3) is 6.08 Å². The van der Waals surface area contributed by atoms with Gasteiger partial charge in [-0.3, -0.25) is 25.0 Å². The third-order valence-corrected chi connectivity index (χ3v) is 5.00. The molecular weight excluding hydrogens is 508 g/mol. The summed E-state index contributed by atoms with van der Waals surface area (Å²) < 4.78 is 6.28. The molecule has 10 nitrogen and oxygen atoms in total. The second-order valence-corrected chi connectivity index (χ2v) is 7.70. The maximum atomic E-state index is 12.5. The van der Waals surface area contributed by atoms with E-state index in [0.717, 1.165) is 23.8 Å². The molecule has 0 aromatic heterocycles. The lowest BCUT2D eigenvalue weighted by Crippen LogP contribution is -2.23. The number of ether oxygens (including phenoxy) is 1. The van der Waals surface area contributed by atoms with Crippen LogP contribution in [0, 0.1) is 31.6 Å². The van der Waals surface area contributed by atoms with Gasteiger partial charge in [0.05, 0.1) is 15.9 Å². The van der Waals surface area contributed by atoms with E-state index in [-0.39, 0.29) is 29.2 Å². The summed E-state index contributed by atoms with van der Waals surface area (Å²) in [5.41, 5.74) is -0.138. The zero-order chi connectivity index (χ0) is 24.7. The third-order valence-electron chi connectivity index (χ3n) is 4.50. The van der Waals surface area contributed by atoms with Crippen molar-refractivity contribution >= 4 is 39.3 Å². The standard InChI is InChI=1S/C23H15BrN4O6/c24-18-6-8-21(34-22-9-7-19(27(30)31)12-20(22)28(32)33)16(11-18)10-17(13-25)23(29)26-14-15-4-2-1-3-5-15/h1-12H,14H2,(H,26,29)/b17-10+. The predicted molar refractivity (Wildman–Crippen MR) is 126 cm³/mol. The van der Waals surface area contributed by atoms with E-state index in [1.165, 1.54) is 12.1 Å². The number of amides is 1. The summed E-state index contributed by atoms with van der Waals surface area (Å²) in [5.74, 6) is -0.748. The maximum Gasteiger partial charge on any atom is 0.318 e. The summed E-state index contributed by atoms with van der Waals surface area (Å²) in [6.45, 7) is 0.218. The number of nitrogens with zero attached hydrogens (tertiary/aromatic N) is 3.